The summed E-state index contributed by atoms with van der Waals surface area (Å²) in [6.07, 6.45) is 3.79. The normalized spacial score (nSPS) is 16.1. The number of hydrogen-bond donors (Lipinski definition) is 1. The zero-order chi connectivity index (χ0) is 14.2. The van der Waals surface area contributed by atoms with Crippen molar-refractivity contribution in [1.29, 1.82) is 0 Å². The summed E-state index contributed by atoms with van der Waals surface area (Å²) in [5, 5.41) is 3.57. The van der Waals surface area contributed by atoms with Crippen LogP contribution in [-0.4, -0.2) is 26.4 Å². The van der Waals surface area contributed by atoms with Gasteiger partial charge in [0.05, 0.1) is 19.3 Å². The topological polar surface area (TPSA) is 30.5 Å². The highest BCUT2D eigenvalue weighted by atomic mass is 16.5. The molecule has 1 unspecified atom stereocenters. The molecule has 1 saturated carbocycles. The third kappa shape index (κ3) is 4.80. The van der Waals surface area contributed by atoms with E-state index in [1.54, 1.807) is 0 Å². The second-order valence-electron chi connectivity index (χ2n) is 5.46. The van der Waals surface area contributed by atoms with E-state index >= 15 is 0 Å². The van der Waals surface area contributed by atoms with Crippen molar-refractivity contribution in [3.63, 3.8) is 0 Å². The van der Waals surface area contributed by atoms with Crippen LogP contribution in [0.3, 0.4) is 0 Å². The third-order valence-electron chi connectivity index (χ3n) is 3.57. The van der Waals surface area contributed by atoms with E-state index in [1.165, 1.54) is 18.4 Å². The molecule has 0 amide bonds. The highest BCUT2D eigenvalue weighted by molar-refractivity contribution is 5.36. The van der Waals surface area contributed by atoms with E-state index in [1.807, 2.05) is 19.1 Å². The summed E-state index contributed by atoms with van der Waals surface area (Å²) in [6, 6.07) is 8.49. The molecule has 0 aromatic heterocycles. The molecule has 0 aliphatic heterocycles. The second-order valence-corrected chi connectivity index (χ2v) is 5.46. The molecule has 1 atom stereocenters. The summed E-state index contributed by atoms with van der Waals surface area (Å²) in [6.45, 7) is 7.53. The van der Waals surface area contributed by atoms with Crippen LogP contribution in [-0.2, 0) is 4.74 Å². The van der Waals surface area contributed by atoms with Gasteiger partial charge in [0.15, 0.2) is 0 Å². The zero-order valence-corrected chi connectivity index (χ0v) is 12.7. The van der Waals surface area contributed by atoms with E-state index in [0.717, 1.165) is 37.8 Å². The SMILES string of the molecule is CCCNC(COCC1CC1)c1ccccc1OCC. The molecule has 1 fully saturated rings. The van der Waals surface area contributed by atoms with Crippen molar-refractivity contribution >= 4 is 0 Å². The lowest BCUT2D eigenvalue weighted by molar-refractivity contribution is 0.102. The smallest absolute Gasteiger partial charge is 0.124 e. The molecule has 1 aliphatic carbocycles. The zero-order valence-electron chi connectivity index (χ0n) is 12.7. The Kier molecular flexibility index (Phi) is 6.34. The van der Waals surface area contributed by atoms with E-state index in [0.29, 0.717) is 6.61 Å². The molecule has 20 heavy (non-hydrogen) atoms. The van der Waals surface area contributed by atoms with Crippen molar-refractivity contribution in [2.24, 2.45) is 5.92 Å². The van der Waals surface area contributed by atoms with Gasteiger partial charge in [0.2, 0.25) is 0 Å². The van der Waals surface area contributed by atoms with Gasteiger partial charge in [-0.3, -0.25) is 0 Å². The molecule has 0 bridgehead atoms. The van der Waals surface area contributed by atoms with Crippen molar-refractivity contribution in [2.75, 3.05) is 26.4 Å². The first kappa shape index (κ1) is 15.3. The summed E-state index contributed by atoms with van der Waals surface area (Å²) < 4.78 is 11.6. The Bertz CT molecular complexity index is 390. The molecule has 2 rings (SSSR count). The lowest BCUT2D eigenvalue weighted by atomic mass is 10.1. The van der Waals surface area contributed by atoms with Gasteiger partial charge in [-0.2, -0.15) is 0 Å². The molecule has 1 aromatic carbocycles. The first-order chi connectivity index (χ1) is 9.85. The van der Waals surface area contributed by atoms with Crippen LogP contribution < -0.4 is 10.1 Å². The van der Waals surface area contributed by atoms with Crippen LogP contribution in [0.25, 0.3) is 0 Å². The van der Waals surface area contributed by atoms with Crippen molar-refractivity contribution < 1.29 is 9.47 Å². The lowest BCUT2D eigenvalue weighted by Gasteiger charge is -2.21. The van der Waals surface area contributed by atoms with Crippen LogP contribution in [0.4, 0.5) is 0 Å². The lowest BCUT2D eigenvalue weighted by Crippen LogP contribution is -2.27. The number of benzene rings is 1. The Balaban J connectivity index is 1.98. The molecule has 3 nitrogen and oxygen atoms in total. The maximum Gasteiger partial charge on any atom is 0.124 e. The number of para-hydroxylation sites is 1. The minimum Gasteiger partial charge on any atom is -0.494 e. The number of ether oxygens (including phenoxy) is 2. The Morgan fingerprint density at radius 2 is 2.05 bits per heavy atom. The molecule has 1 N–H and O–H groups in total. The second kappa shape index (κ2) is 8.28. The number of nitrogens with one attached hydrogen (secondary N) is 1. The van der Waals surface area contributed by atoms with Crippen molar-refractivity contribution in [3.8, 4) is 5.75 Å². The van der Waals surface area contributed by atoms with Gasteiger partial charge in [0.25, 0.3) is 0 Å². The fourth-order valence-corrected chi connectivity index (χ4v) is 2.27. The summed E-state index contributed by atoms with van der Waals surface area (Å²) in [5.74, 6) is 1.78. The molecule has 0 heterocycles. The van der Waals surface area contributed by atoms with Gasteiger partial charge < -0.3 is 14.8 Å². The molecule has 112 valence electrons. The maximum atomic E-state index is 5.89. The Hall–Kier alpha value is -1.06. The van der Waals surface area contributed by atoms with Crippen molar-refractivity contribution in [3.05, 3.63) is 29.8 Å². The van der Waals surface area contributed by atoms with E-state index in [4.69, 9.17) is 9.47 Å². The van der Waals surface area contributed by atoms with Crippen LogP contribution in [0.2, 0.25) is 0 Å². The molecular formula is C17H27NO2. The van der Waals surface area contributed by atoms with Crippen molar-refractivity contribution in [2.45, 2.75) is 39.2 Å². The minimum atomic E-state index is 0.219. The van der Waals surface area contributed by atoms with Gasteiger partial charge in [0.1, 0.15) is 5.75 Å². The Morgan fingerprint density at radius 1 is 1.25 bits per heavy atom. The summed E-state index contributed by atoms with van der Waals surface area (Å²) >= 11 is 0. The fraction of sp³-hybridized carbons (Fsp3) is 0.647. The molecule has 0 saturated heterocycles. The van der Waals surface area contributed by atoms with Crippen LogP contribution >= 0.6 is 0 Å². The van der Waals surface area contributed by atoms with Gasteiger partial charge in [0, 0.05) is 12.2 Å². The van der Waals surface area contributed by atoms with Gasteiger partial charge in [-0.05, 0) is 44.7 Å². The number of hydrogen-bond acceptors (Lipinski definition) is 3. The summed E-state index contributed by atoms with van der Waals surface area (Å²) in [4.78, 5) is 0. The standard InChI is InChI=1S/C17H27NO2/c1-3-11-18-16(13-19-12-14-9-10-14)15-7-5-6-8-17(15)20-4-2/h5-8,14,16,18H,3-4,9-13H2,1-2H3. The Morgan fingerprint density at radius 3 is 2.75 bits per heavy atom. The quantitative estimate of drug-likeness (QED) is 0.709. The van der Waals surface area contributed by atoms with E-state index in [2.05, 4.69) is 24.4 Å². The molecule has 1 aromatic rings. The van der Waals surface area contributed by atoms with Gasteiger partial charge in [-0.25, -0.2) is 0 Å². The van der Waals surface area contributed by atoms with Crippen molar-refractivity contribution in [1.82, 2.24) is 5.32 Å². The third-order valence-corrected chi connectivity index (χ3v) is 3.57. The van der Waals surface area contributed by atoms with Crippen LogP contribution in [0.5, 0.6) is 5.75 Å². The molecule has 0 spiro atoms. The summed E-state index contributed by atoms with van der Waals surface area (Å²) in [7, 11) is 0. The largest absolute Gasteiger partial charge is 0.494 e. The fourth-order valence-electron chi connectivity index (χ4n) is 2.27. The first-order valence-electron chi connectivity index (χ1n) is 7.88. The average Bonchev–Trinajstić information content (AvgIpc) is 3.28. The number of rotatable bonds is 10. The first-order valence-corrected chi connectivity index (χ1v) is 7.88. The van der Waals surface area contributed by atoms with E-state index in [9.17, 15) is 0 Å². The minimum absolute atomic E-state index is 0.219. The predicted octanol–water partition coefficient (Wildman–Crippen LogP) is 3.55. The van der Waals surface area contributed by atoms with Gasteiger partial charge >= 0.3 is 0 Å². The van der Waals surface area contributed by atoms with Gasteiger partial charge in [-0.15, -0.1) is 0 Å². The maximum absolute atomic E-state index is 5.89. The van der Waals surface area contributed by atoms with Gasteiger partial charge in [-0.1, -0.05) is 25.1 Å². The molecule has 3 heteroatoms. The molecular weight excluding hydrogens is 250 g/mol. The van der Waals surface area contributed by atoms with E-state index in [-0.39, 0.29) is 6.04 Å². The Labute approximate surface area is 122 Å². The monoisotopic (exact) mass is 277 g/mol. The predicted molar refractivity (Wildman–Crippen MR) is 82.2 cm³/mol. The molecule has 0 radical (unpaired) electrons. The summed E-state index contributed by atoms with van der Waals surface area (Å²) in [5.41, 5.74) is 1.21. The van der Waals surface area contributed by atoms with Crippen LogP contribution in [0.15, 0.2) is 24.3 Å². The average molecular weight is 277 g/mol. The van der Waals surface area contributed by atoms with Crippen LogP contribution in [0.1, 0.15) is 44.7 Å². The van der Waals surface area contributed by atoms with Crippen LogP contribution in [0, 0.1) is 5.92 Å². The molecule has 1 aliphatic rings. The highest BCUT2D eigenvalue weighted by Crippen LogP contribution is 2.30. The van der Waals surface area contributed by atoms with E-state index < -0.39 is 0 Å². The highest BCUT2D eigenvalue weighted by Gasteiger charge is 2.22.